The molecule has 12 nitrogen and oxygen atoms in total. The summed E-state index contributed by atoms with van der Waals surface area (Å²) in [5.41, 5.74) is 7.97. The maximum atomic E-state index is 13.3. The number of nitrogens with zero attached hydrogens (tertiary/aromatic N) is 6. The van der Waals surface area contributed by atoms with Crippen molar-refractivity contribution >= 4 is 45.3 Å². The molecular formula is C44H46N8O4. The molecule has 0 radical (unpaired) electrons. The molecule has 6 aliphatic rings. The van der Waals surface area contributed by atoms with E-state index >= 15 is 0 Å². The van der Waals surface area contributed by atoms with Crippen LogP contribution >= 0.6 is 0 Å². The normalized spacial score (nSPS) is 29.9. The number of amides is 2. The predicted octanol–water partition coefficient (Wildman–Crippen LogP) is 8.96. The second-order valence-electron chi connectivity index (χ2n) is 19.0. The second kappa shape index (κ2) is 10.9. The zero-order valence-electron chi connectivity index (χ0n) is 32.9. The summed E-state index contributed by atoms with van der Waals surface area (Å²) in [5, 5.41) is 0. The lowest BCUT2D eigenvalue weighted by atomic mass is 10.0. The molecule has 3 aromatic heterocycles. The number of hydrogen-bond acceptors (Lipinski definition) is 8. The van der Waals surface area contributed by atoms with Crippen molar-refractivity contribution in [3.63, 3.8) is 0 Å². The molecule has 3 aliphatic heterocycles. The lowest BCUT2D eigenvalue weighted by Crippen LogP contribution is -2.39. The third-order valence-corrected chi connectivity index (χ3v) is 13.2. The molecule has 9 atom stereocenters. The van der Waals surface area contributed by atoms with E-state index in [1.165, 1.54) is 0 Å². The molecule has 12 heteroatoms. The van der Waals surface area contributed by atoms with Gasteiger partial charge in [-0.3, -0.25) is 14.8 Å². The lowest BCUT2D eigenvalue weighted by molar-refractivity contribution is 0.0157. The summed E-state index contributed by atoms with van der Waals surface area (Å²) < 4.78 is 11.6. The quantitative estimate of drug-likeness (QED) is 0.182. The Morgan fingerprint density at radius 1 is 0.732 bits per heavy atom. The highest BCUT2D eigenvalue weighted by atomic mass is 16.6. The van der Waals surface area contributed by atoms with Crippen molar-refractivity contribution in [2.45, 2.75) is 97.2 Å². The number of hydrogen-bond donors (Lipinski definition) is 2. The number of rotatable bonds is 4. The summed E-state index contributed by atoms with van der Waals surface area (Å²) in [6.07, 6.45) is 2.17. The van der Waals surface area contributed by atoms with Crippen molar-refractivity contribution in [3.05, 3.63) is 72.4 Å². The Labute approximate surface area is 324 Å². The number of aromatic nitrogens is 6. The van der Waals surface area contributed by atoms with Crippen LogP contribution in [0.3, 0.4) is 0 Å². The van der Waals surface area contributed by atoms with E-state index in [4.69, 9.17) is 29.4 Å². The first-order valence-corrected chi connectivity index (χ1v) is 19.9. The van der Waals surface area contributed by atoms with Crippen LogP contribution in [0.25, 0.3) is 55.5 Å². The minimum atomic E-state index is -0.563. The average Bonchev–Trinajstić information content (AvgIpc) is 3.73. The number of aromatic amines is 2. The fourth-order valence-electron chi connectivity index (χ4n) is 10.4. The van der Waals surface area contributed by atoms with Crippen molar-refractivity contribution in [1.82, 2.24) is 39.7 Å². The summed E-state index contributed by atoms with van der Waals surface area (Å²) in [6, 6.07) is 18.7. The highest BCUT2D eigenvalue weighted by molar-refractivity contribution is 5.88. The van der Waals surface area contributed by atoms with Crippen LogP contribution in [0.15, 0.2) is 60.8 Å². The fraction of sp³-hybridized carbons (Fsp3) is 0.455. The summed E-state index contributed by atoms with van der Waals surface area (Å²) in [6.45, 7) is 15.9. The van der Waals surface area contributed by atoms with Gasteiger partial charge in [-0.2, -0.15) is 0 Å². The third-order valence-electron chi connectivity index (χ3n) is 13.2. The van der Waals surface area contributed by atoms with E-state index in [1.807, 2.05) is 81.8 Å². The van der Waals surface area contributed by atoms with Crippen LogP contribution in [0.4, 0.5) is 9.59 Å². The Kier molecular flexibility index (Phi) is 6.55. The fourth-order valence-corrected chi connectivity index (χ4v) is 10.4. The monoisotopic (exact) mass is 750 g/mol. The molecule has 1 unspecified atom stereocenters. The second-order valence-corrected chi connectivity index (χ2v) is 19.0. The minimum absolute atomic E-state index is 0.0990. The number of carbonyl (C=O) groups excluding carboxylic acids is 2. The van der Waals surface area contributed by atoms with Gasteiger partial charge in [0.05, 0.1) is 57.1 Å². The number of nitrogens with one attached hydrogen (secondary N) is 2. The summed E-state index contributed by atoms with van der Waals surface area (Å²) in [4.78, 5) is 57.3. The molecule has 3 saturated carbocycles. The summed E-state index contributed by atoms with van der Waals surface area (Å²) in [7, 11) is 0. The molecule has 12 rings (SSSR count). The number of carbonyl (C=O) groups is 2. The van der Waals surface area contributed by atoms with E-state index in [0.717, 1.165) is 73.6 Å². The number of H-pyrrole nitrogens is 2. The average molecular weight is 751 g/mol. The van der Waals surface area contributed by atoms with Crippen molar-refractivity contribution in [3.8, 4) is 22.4 Å². The van der Waals surface area contributed by atoms with Crippen LogP contribution in [0, 0.1) is 29.1 Å². The van der Waals surface area contributed by atoms with Crippen LogP contribution < -0.4 is 0 Å². The van der Waals surface area contributed by atoms with E-state index in [1.54, 1.807) is 0 Å². The van der Waals surface area contributed by atoms with Crippen molar-refractivity contribution < 1.29 is 19.1 Å². The first kappa shape index (κ1) is 33.8. The molecule has 286 valence electrons. The van der Waals surface area contributed by atoms with Gasteiger partial charge in [0.25, 0.3) is 0 Å². The molecule has 2 N–H and O–H groups in total. The molecule has 3 aromatic carbocycles. The Bertz CT molecular complexity index is 2670. The topological polar surface area (TPSA) is 142 Å². The largest absolute Gasteiger partial charge is 0.444 e. The maximum absolute atomic E-state index is 13.3. The van der Waals surface area contributed by atoms with E-state index in [2.05, 4.69) is 54.1 Å². The zero-order chi connectivity index (χ0) is 38.8. The number of fused-ring (bicyclic) bond motifs is 5. The number of ether oxygens (including phenoxy) is 2. The van der Waals surface area contributed by atoms with Crippen LogP contribution in [0.5, 0.6) is 0 Å². The van der Waals surface area contributed by atoms with Crippen LogP contribution in [-0.4, -0.2) is 75.2 Å². The van der Waals surface area contributed by atoms with Crippen LogP contribution in [0.1, 0.15) is 85.5 Å². The smallest absolute Gasteiger partial charge is 0.411 e. The lowest BCUT2D eigenvalue weighted by Gasteiger charge is -2.30. The number of imidazole rings is 2. The molecule has 56 heavy (non-hydrogen) atoms. The Morgan fingerprint density at radius 3 is 1.98 bits per heavy atom. The van der Waals surface area contributed by atoms with Gasteiger partial charge in [-0.1, -0.05) is 32.0 Å². The van der Waals surface area contributed by atoms with Gasteiger partial charge < -0.3 is 19.4 Å². The molecule has 6 fully saturated rings. The van der Waals surface area contributed by atoms with Gasteiger partial charge in [-0.15, -0.1) is 0 Å². The van der Waals surface area contributed by atoms with Gasteiger partial charge in [0.1, 0.15) is 22.9 Å². The standard InChI is InChI=1S/C44H46N8O4/c1-20-24-18-32(51(35(20)24)40(53)55-42(2,3)4)38-47-26-14-11-23(17-30(26)49-38)31-19-45-28-15-21(9-12-25(28)46-31)22-10-13-27-29(16-22)50-39(48-27)36-33-34-37(44(33,34)8)52(36)41(54)56-43(5,6)7/h9-17,19-20,24,32-37H,18H2,1-8H3,(H,47,49)(H,48,50)/t20-,24+,32+,33?,34-,35-,36+,37+,44-/m1/s1. The molecule has 0 spiro atoms. The van der Waals surface area contributed by atoms with Crippen molar-refractivity contribution in [2.24, 2.45) is 29.1 Å². The van der Waals surface area contributed by atoms with E-state index < -0.39 is 11.2 Å². The van der Waals surface area contributed by atoms with E-state index in [0.29, 0.717) is 23.7 Å². The highest BCUT2D eigenvalue weighted by Gasteiger charge is 2.94. The van der Waals surface area contributed by atoms with Crippen LogP contribution in [0.2, 0.25) is 0 Å². The molecule has 3 saturated heterocycles. The number of piperidine rings is 2. The molecule has 6 aromatic rings. The first-order valence-electron chi connectivity index (χ1n) is 19.9. The summed E-state index contributed by atoms with van der Waals surface area (Å²) in [5.74, 6) is 3.53. The maximum Gasteiger partial charge on any atom is 0.411 e. The van der Waals surface area contributed by atoms with Crippen molar-refractivity contribution in [2.75, 3.05) is 0 Å². The van der Waals surface area contributed by atoms with Crippen molar-refractivity contribution in [1.29, 1.82) is 0 Å². The zero-order valence-corrected chi connectivity index (χ0v) is 32.9. The Balaban J connectivity index is 0.840. The Morgan fingerprint density at radius 2 is 1.30 bits per heavy atom. The molecular weight excluding hydrogens is 705 g/mol. The van der Waals surface area contributed by atoms with E-state index in [-0.39, 0.29) is 41.8 Å². The molecule has 3 aliphatic carbocycles. The molecule has 6 heterocycles. The van der Waals surface area contributed by atoms with Gasteiger partial charge in [-0.05, 0) is 125 Å². The van der Waals surface area contributed by atoms with Gasteiger partial charge in [0.2, 0.25) is 0 Å². The van der Waals surface area contributed by atoms with Gasteiger partial charge in [-0.25, -0.2) is 24.5 Å². The van der Waals surface area contributed by atoms with Crippen LogP contribution in [-0.2, 0) is 9.47 Å². The summed E-state index contributed by atoms with van der Waals surface area (Å²) >= 11 is 0. The number of benzene rings is 3. The van der Waals surface area contributed by atoms with E-state index in [9.17, 15) is 9.59 Å². The number of likely N-dealkylation sites (tertiary alicyclic amines) is 1. The minimum Gasteiger partial charge on any atom is -0.444 e. The third kappa shape index (κ3) is 4.96. The van der Waals surface area contributed by atoms with Gasteiger partial charge in [0, 0.05) is 17.6 Å². The molecule has 2 amide bonds. The Hall–Kier alpha value is -5.52. The van der Waals surface area contributed by atoms with Gasteiger partial charge >= 0.3 is 12.2 Å². The van der Waals surface area contributed by atoms with Gasteiger partial charge in [0.15, 0.2) is 0 Å². The highest BCUT2D eigenvalue weighted by Crippen LogP contribution is 2.90. The SMILES string of the molecule is C[C@@H]1[C@@H]2C[C@@H](c3nc4ccc(-c5cnc6cc(-c7ccc8nc([C@@H]9C%10[C@@H]%11[C@H](N9C(=O)OC(C)(C)C)[C@]%10%11C)[nH]c8c7)ccc6n5)cc4[nH]3)N(C(=O)OC(C)(C)C)[C@H]12. The first-order chi connectivity index (χ1) is 26.6. The predicted molar refractivity (Wildman–Crippen MR) is 211 cm³/mol. The molecule has 2 bridgehead atoms.